The van der Waals surface area contributed by atoms with Crippen molar-refractivity contribution in [3.05, 3.63) is 0 Å². The summed E-state index contributed by atoms with van der Waals surface area (Å²) in [4.78, 5) is 23.2. The van der Waals surface area contributed by atoms with Gasteiger partial charge in [0, 0.05) is 0 Å². The van der Waals surface area contributed by atoms with Crippen LogP contribution in [0.3, 0.4) is 0 Å². The molecular formula is C12H19NO4. The van der Waals surface area contributed by atoms with Gasteiger partial charge in [-0.3, -0.25) is 9.59 Å². The third-order valence-electron chi connectivity index (χ3n) is 3.06. The molecule has 0 fully saturated rings. The molecule has 0 radical (unpaired) electrons. The first-order valence-corrected chi connectivity index (χ1v) is 5.48. The van der Waals surface area contributed by atoms with Crippen LogP contribution in [0.25, 0.3) is 0 Å². The van der Waals surface area contributed by atoms with E-state index in [-0.39, 0.29) is 5.92 Å². The van der Waals surface area contributed by atoms with Gasteiger partial charge in [0.1, 0.15) is 0 Å². The van der Waals surface area contributed by atoms with E-state index in [9.17, 15) is 20.0 Å². The van der Waals surface area contributed by atoms with Gasteiger partial charge in [-0.25, -0.2) is 0 Å². The summed E-state index contributed by atoms with van der Waals surface area (Å²) >= 11 is 0. The number of nitriles is 1. The Labute approximate surface area is 101 Å². The minimum absolute atomic E-state index is 0.291. The number of rotatable bonds is 5. The molecule has 0 aromatic rings. The molecule has 96 valence electrons. The van der Waals surface area contributed by atoms with Crippen molar-refractivity contribution in [3.8, 4) is 6.07 Å². The summed E-state index contributed by atoms with van der Waals surface area (Å²) in [6, 6.07) is 1.81. The number of esters is 1. The fourth-order valence-electron chi connectivity index (χ4n) is 2.10. The Bertz CT molecular complexity index is 343. The Kier molecular flexibility index (Phi) is 5.14. The minimum atomic E-state index is -1.75. The Hall–Kier alpha value is -1.57. The summed E-state index contributed by atoms with van der Waals surface area (Å²) in [6.45, 7) is 6.66. The lowest BCUT2D eigenvalue weighted by Gasteiger charge is -2.34. The van der Waals surface area contributed by atoms with Gasteiger partial charge in [0.05, 0.1) is 19.1 Å². The number of carboxylic acids is 1. The SMILES string of the molecule is COC(=O)C(C(C)C)C(C#N)(C(=O)O)C(C)C. The van der Waals surface area contributed by atoms with Gasteiger partial charge in [0.15, 0.2) is 5.41 Å². The molecule has 0 bridgehead atoms. The first-order valence-electron chi connectivity index (χ1n) is 5.48. The van der Waals surface area contributed by atoms with Crippen molar-refractivity contribution >= 4 is 11.9 Å². The lowest BCUT2D eigenvalue weighted by molar-refractivity contribution is -0.165. The Morgan fingerprint density at radius 3 is 1.94 bits per heavy atom. The lowest BCUT2D eigenvalue weighted by Crippen LogP contribution is -2.48. The zero-order chi connectivity index (χ0) is 13.8. The van der Waals surface area contributed by atoms with Crippen molar-refractivity contribution in [1.82, 2.24) is 0 Å². The summed E-state index contributed by atoms with van der Waals surface area (Å²) < 4.78 is 4.63. The normalized spacial score (nSPS) is 16.1. The maximum Gasteiger partial charge on any atom is 0.325 e. The summed E-state index contributed by atoms with van der Waals surface area (Å²) in [6.07, 6.45) is 0. The molecule has 2 unspecified atom stereocenters. The number of carboxylic acid groups (broad SMARTS) is 1. The van der Waals surface area contributed by atoms with E-state index in [2.05, 4.69) is 4.74 Å². The van der Waals surface area contributed by atoms with E-state index in [0.717, 1.165) is 0 Å². The summed E-state index contributed by atoms with van der Waals surface area (Å²) in [5.41, 5.74) is -1.75. The highest BCUT2D eigenvalue weighted by molar-refractivity contribution is 5.87. The van der Waals surface area contributed by atoms with Crippen molar-refractivity contribution in [2.45, 2.75) is 27.7 Å². The molecule has 0 heterocycles. The quantitative estimate of drug-likeness (QED) is 0.740. The fraction of sp³-hybridized carbons (Fsp3) is 0.750. The van der Waals surface area contributed by atoms with Gasteiger partial charge in [-0.05, 0) is 11.8 Å². The molecule has 0 aliphatic rings. The molecule has 0 rings (SSSR count). The van der Waals surface area contributed by atoms with Gasteiger partial charge in [-0.2, -0.15) is 5.26 Å². The van der Waals surface area contributed by atoms with E-state index in [4.69, 9.17) is 0 Å². The summed E-state index contributed by atoms with van der Waals surface area (Å²) in [7, 11) is 1.20. The van der Waals surface area contributed by atoms with Crippen LogP contribution in [0.5, 0.6) is 0 Å². The number of methoxy groups -OCH3 is 1. The standard InChI is InChI=1S/C12H19NO4/c1-7(2)9(10(14)17-5)12(6-13,8(3)4)11(15)16/h7-9H,1-5H3,(H,15,16). The molecule has 2 atom stereocenters. The molecule has 0 saturated heterocycles. The Morgan fingerprint density at radius 1 is 1.29 bits per heavy atom. The van der Waals surface area contributed by atoms with E-state index >= 15 is 0 Å². The Balaban J connectivity index is 5.79. The average molecular weight is 241 g/mol. The first-order chi connectivity index (χ1) is 7.75. The topological polar surface area (TPSA) is 87.4 Å². The molecule has 1 N–H and O–H groups in total. The summed E-state index contributed by atoms with van der Waals surface area (Å²) in [5.74, 6) is -3.69. The zero-order valence-electron chi connectivity index (χ0n) is 10.9. The number of nitrogens with zero attached hydrogens (tertiary/aromatic N) is 1. The van der Waals surface area contributed by atoms with E-state index in [0.29, 0.717) is 0 Å². The molecule has 17 heavy (non-hydrogen) atoms. The van der Waals surface area contributed by atoms with E-state index in [1.807, 2.05) is 6.07 Å². The van der Waals surface area contributed by atoms with Crippen LogP contribution in [0.15, 0.2) is 0 Å². The molecule has 0 amide bonds. The lowest BCUT2D eigenvalue weighted by atomic mass is 9.64. The van der Waals surface area contributed by atoms with Crippen molar-refractivity contribution in [3.63, 3.8) is 0 Å². The summed E-state index contributed by atoms with van der Waals surface area (Å²) in [5, 5.41) is 18.6. The molecule has 0 saturated carbocycles. The van der Waals surface area contributed by atoms with Gasteiger partial charge in [-0.1, -0.05) is 27.7 Å². The second-order valence-corrected chi connectivity index (χ2v) is 4.69. The van der Waals surface area contributed by atoms with Crippen molar-refractivity contribution in [2.75, 3.05) is 7.11 Å². The molecule has 0 aromatic carbocycles. The van der Waals surface area contributed by atoms with Crippen molar-refractivity contribution in [1.29, 1.82) is 5.26 Å². The first kappa shape index (κ1) is 15.4. The third-order valence-corrected chi connectivity index (χ3v) is 3.06. The highest BCUT2D eigenvalue weighted by atomic mass is 16.5. The Morgan fingerprint density at radius 2 is 1.76 bits per heavy atom. The van der Waals surface area contributed by atoms with Gasteiger partial charge >= 0.3 is 11.9 Å². The van der Waals surface area contributed by atoms with Crippen LogP contribution in [0.4, 0.5) is 0 Å². The number of hydrogen-bond donors (Lipinski definition) is 1. The second-order valence-electron chi connectivity index (χ2n) is 4.69. The van der Waals surface area contributed by atoms with E-state index in [1.54, 1.807) is 27.7 Å². The number of aliphatic carboxylic acids is 1. The smallest absolute Gasteiger partial charge is 0.325 e. The number of carbonyl (C=O) groups is 2. The predicted octanol–water partition coefficient (Wildman–Crippen LogP) is 1.68. The predicted molar refractivity (Wildman–Crippen MR) is 60.9 cm³/mol. The number of ether oxygens (including phenoxy) is 1. The fourth-order valence-corrected chi connectivity index (χ4v) is 2.10. The van der Waals surface area contributed by atoms with Crippen molar-refractivity contribution in [2.24, 2.45) is 23.2 Å². The molecule has 0 aromatic heterocycles. The molecule has 0 spiro atoms. The van der Waals surface area contributed by atoms with Gasteiger partial charge in [0.2, 0.25) is 0 Å². The zero-order valence-corrected chi connectivity index (χ0v) is 10.9. The average Bonchev–Trinajstić information content (AvgIpc) is 2.22. The van der Waals surface area contributed by atoms with Gasteiger partial charge < -0.3 is 9.84 Å². The molecular weight excluding hydrogens is 222 g/mol. The van der Waals surface area contributed by atoms with Crippen LogP contribution in [0.2, 0.25) is 0 Å². The third kappa shape index (κ3) is 2.57. The van der Waals surface area contributed by atoms with E-state index in [1.165, 1.54) is 7.11 Å². The molecule has 5 nitrogen and oxygen atoms in total. The number of carbonyl (C=O) groups excluding carboxylic acids is 1. The molecule has 0 aliphatic heterocycles. The van der Waals surface area contributed by atoms with Crippen LogP contribution in [0, 0.1) is 34.5 Å². The van der Waals surface area contributed by atoms with Crippen LogP contribution >= 0.6 is 0 Å². The molecule has 0 aliphatic carbocycles. The maximum absolute atomic E-state index is 11.7. The minimum Gasteiger partial charge on any atom is -0.480 e. The number of hydrogen-bond acceptors (Lipinski definition) is 4. The van der Waals surface area contributed by atoms with Crippen LogP contribution in [-0.4, -0.2) is 24.2 Å². The van der Waals surface area contributed by atoms with Crippen LogP contribution < -0.4 is 0 Å². The largest absolute Gasteiger partial charge is 0.480 e. The monoisotopic (exact) mass is 241 g/mol. The van der Waals surface area contributed by atoms with Gasteiger partial charge in [-0.15, -0.1) is 0 Å². The highest BCUT2D eigenvalue weighted by Crippen LogP contribution is 2.40. The highest BCUT2D eigenvalue weighted by Gasteiger charge is 2.54. The maximum atomic E-state index is 11.7. The van der Waals surface area contributed by atoms with E-state index < -0.39 is 29.2 Å². The van der Waals surface area contributed by atoms with Gasteiger partial charge in [0.25, 0.3) is 0 Å². The molecule has 5 heteroatoms. The van der Waals surface area contributed by atoms with Crippen molar-refractivity contribution < 1.29 is 19.4 Å². The van der Waals surface area contributed by atoms with Crippen LogP contribution in [0.1, 0.15) is 27.7 Å². The second kappa shape index (κ2) is 5.67. The van der Waals surface area contributed by atoms with Crippen LogP contribution in [-0.2, 0) is 14.3 Å².